The molecule has 0 radical (unpaired) electrons. The zero-order chi connectivity index (χ0) is 15.7. The van der Waals surface area contributed by atoms with Gasteiger partial charge in [0.1, 0.15) is 0 Å². The van der Waals surface area contributed by atoms with Gasteiger partial charge in [0.25, 0.3) is 0 Å². The van der Waals surface area contributed by atoms with Gasteiger partial charge in [0.15, 0.2) is 0 Å². The molecule has 3 aromatic rings. The van der Waals surface area contributed by atoms with Crippen molar-refractivity contribution in [1.82, 2.24) is 9.55 Å². The molecule has 1 amide bonds. The molecular weight excluding hydrogens is 274 g/mol. The van der Waals surface area contributed by atoms with Crippen LogP contribution in [-0.4, -0.2) is 22.5 Å². The lowest BCUT2D eigenvalue weighted by Gasteiger charge is -2.21. The molecule has 4 nitrogen and oxygen atoms in total. The minimum atomic E-state index is -0.212. The first kappa shape index (κ1) is 14.3. The Morgan fingerprint density at radius 2 is 2.00 bits per heavy atom. The summed E-state index contributed by atoms with van der Waals surface area (Å²) in [7, 11) is 3.80. The molecule has 0 fully saturated rings. The third-order valence-corrected chi connectivity index (χ3v) is 4.13. The number of hydrogen-bond acceptors (Lipinski definition) is 2. The fourth-order valence-corrected chi connectivity index (χ4v) is 2.82. The third kappa shape index (κ3) is 2.37. The molecule has 1 aromatic carbocycles. The Labute approximate surface area is 130 Å². The largest absolute Gasteiger partial charge is 0.350 e. The zero-order valence-electron chi connectivity index (χ0n) is 13.0. The number of para-hydroxylation sites is 1. The average Bonchev–Trinajstić information content (AvgIpc) is 2.91. The van der Waals surface area contributed by atoms with Gasteiger partial charge >= 0.3 is 0 Å². The van der Waals surface area contributed by atoms with Gasteiger partial charge in [-0.25, -0.2) is 0 Å². The number of pyridine rings is 1. The van der Waals surface area contributed by atoms with E-state index in [1.54, 1.807) is 24.3 Å². The molecule has 4 heteroatoms. The number of aryl methyl sites for hydroxylation is 1. The minimum Gasteiger partial charge on any atom is -0.350 e. The Kier molecular flexibility index (Phi) is 3.67. The van der Waals surface area contributed by atoms with E-state index in [4.69, 9.17) is 0 Å². The molecule has 0 aliphatic heterocycles. The molecule has 0 aliphatic rings. The first-order chi connectivity index (χ1) is 10.6. The summed E-state index contributed by atoms with van der Waals surface area (Å²) in [5.74, 6) is -0.152. The maximum absolute atomic E-state index is 12.8. The maximum atomic E-state index is 12.8. The predicted molar refractivity (Wildman–Crippen MR) is 89.0 cm³/mol. The Morgan fingerprint density at radius 3 is 2.73 bits per heavy atom. The molecule has 0 spiro atoms. The molecule has 1 atom stereocenters. The number of anilines is 1. The Balaban J connectivity index is 1.96. The van der Waals surface area contributed by atoms with E-state index >= 15 is 0 Å². The quantitative estimate of drug-likeness (QED) is 0.743. The average molecular weight is 293 g/mol. The first-order valence-corrected chi connectivity index (χ1v) is 7.31. The number of benzene rings is 1. The summed E-state index contributed by atoms with van der Waals surface area (Å²) in [4.78, 5) is 18.5. The van der Waals surface area contributed by atoms with E-state index in [2.05, 4.69) is 21.7 Å². The SMILES string of the molecule is CC(C(=O)N(C)c1cccnc1)c1cn(C)c2ccccc12. The van der Waals surface area contributed by atoms with Crippen LogP contribution in [0.4, 0.5) is 5.69 Å². The number of amides is 1. The monoisotopic (exact) mass is 293 g/mol. The van der Waals surface area contributed by atoms with E-state index in [0.717, 1.165) is 22.2 Å². The molecule has 0 N–H and O–H groups in total. The second-order valence-electron chi connectivity index (χ2n) is 5.54. The fourth-order valence-electron chi connectivity index (χ4n) is 2.82. The van der Waals surface area contributed by atoms with Crippen molar-refractivity contribution in [1.29, 1.82) is 0 Å². The molecule has 0 aliphatic carbocycles. The number of nitrogens with zero attached hydrogens (tertiary/aromatic N) is 3. The van der Waals surface area contributed by atoms with Gasteiger partial charge in [-0.15, -0.1) is 0 Å². The summed E-state index contributed by atoms with van der Waals surface area (Å²) in [5, 5.41) is 1.13. The molecule has 2 aromatic heterocycles. The van der Waals surface area contributed by atoms with Crippen molar-refractivity contribution in [3.05, 3.63) is 60.6 Å². The Hall–Kier alpha value is -2.62. The molecule has 1 unspecified atom stereocenters. The molecule has 0 saturated heterocycles. The van der Waals surface area contributed by atoms with Crippen molar-refractivity contribution in [2.45, 2.75) is 12.8 Å². The highest BCUT2D eigenvalue weighted by atomic mass is 16.2. The van der Waals surface area contributed by atoms with E-state index in [1.165, 1.54) is 0 Å². The van der Waals surface area contributed by atoms with Gasteiger partial charge < -0.3 is 9.47 Å². The summed E-state index contributed by atoms with van der Waals surface area (Å²) < 4.78 is 2.07. The van der Waals surface area contributed by atoms with E-state index in [9.17, 15) is 4.79 Å². The fraction of sp³-hybridized carbons (Fsp3) is 0.222. The van der Waals surface area contributed by atoms with Crippen LogP contribution < -0.4 is 4.90 Å². The number of hydrogen-bond donors (Lipinski definition) is 0. The van der Waals surface area contributed by atoms with Gasteiger partial charge in [-0.3, -0.25) is 9.78 Å². The smallest absolute Gasteiger partial charge is 0.234 e. The molecular formula is C18H19N3O. The van der Waals surface area contributed by atoms with Crippen LogP contribution in [0.2, 0.25) is 0 Å². The Bertz CT molecular complexity index is 808. The van der Waals surface area contributed by atoms with Gasteiger partial charge in [-0.1, -0.05) is 18.2 Å². The van der Waals surface area contributed by atoms with Crippen LogP contribution in [0.3, 0.4) is 0 Å². The topological polar surface area (TPSA) is 38.1 Å². The van der Waals surface area contributed by atoms with Gasteiger partial charge in [0, 0.05) is 37.4 Å². The summed E-state index contributed by atoms with van der Waals surface area (Å²) in [6.07, 6.45) is 5.45. The molecule has 112 valence electrons. The second kappa shape index (κ2) is 5.64. The van der Waals surface area contributed by atoms with Crippen LogP contribution in [0.5, 0.6) is 0 Å². The van der Waals surface area contributed by atoms with E-state index in [-0.39, 0.29) is 11.8 Å². The van der Waals surface area contributed by atoms with Crippen molar-refractivity contribution in [2.24, 2.45) is 7.05 Å². The standard InChI is InChI=1S/C18H19N3O/c1-13(18(22)21(3)14-7-6-10-19-11-14)16-12-20(2)17-9-5-4-8-15(16)17/h4-13H,1-3H3. The Morgan fingerprint density at radius 1 is 1.23 bits per heavy atom. The lowest BCUT2D eigenvalue weighted by Crippen LogP contribution is -2.30. The molecule has 0 bridgehead atoms. The molecule has 3 rings (SSSR count). The molecule has 0 saturated carbocycles. The number of aromatic nitrogens is 2. The zero-order valence-corrected chi connectivity index (χ0v) is 13.0. The summed E-state index contributed by atoms with van der Waals surface area (Å²) >= 11 is 0. The summed E-state index contributed by atoms with van der Waals surface area (Å²) in [5.41, 5.74) is 3.00. The number of carbonyl (C=O) groups excluding carboxylic acids is 1. The highest BCUT2D eigenvalue weighted by molar-refractivity contribution is 6.00. The lowest BCUT2D eigenvalue weighted by molar-refractivity contribution is -0.119. The first-order valence-electron chi connectivity index (χ1n) is 7.31. The lowest BCUT2D eigenvalue weighted by atomic mass is 9.99. The van der Waals surface area contributed by atoms with Crippen molar-refractivity contribution in [3.8, 4) is 0 Å². The second-order valence-corrected chi connectivity index (χ2v) is 5.54. The number of likely N-dealkylation sites (N-methyl/N-ethyl adjacent to an activating group) is 1. The summed E-state index contributed by atoms with van der Waals surface area (Å²) in [6.45, 7) is 1.96. The third-order valence-electron chi connectivity index (χ3n) is 4.13. The highest BCUT2D eigenvalue weighted by Crippen LogP contribution is 2.29. The number of fused-ring (bicyclic) bond motifs is 1. The van der Waals surface area contributed by atoms with E-state index in [1.807, 2.05) is 44.4 Å². The van der Waals surface area contributed by atoms with Crippen molar-refractivity contribution < 1.29 is 4.79 Å². The van der Waals surface area contributed by atoms with Crippen LogP contribution in [-0.2, 0) is 11.8 Å². The van der Waals surface area contributed by atoms with Gasteiger partial charge in [-0.2, -0.15) is 0 Å². The predicted octanol–water partition coefficient (Wildman–Crippen LogP) is 3.34. The van der Waals surface area contributed by atoms with Crippen LogP contribution in [0, 0.1) is 0 Å². The maximum Gasteiger partial charge on any atom is 0.234 e. The van der Waals surface area contributed by atoms with Crippen molar-refractivity contribution in [3.63, 3.8) is 0 Å². The van der Waals surface area contributed by atoms with Gasteiger partial charge in [-0.05, 0) is 30.7 Å². The van der Waals surface area contributed by atoms with Crippen molar-refractivity contribution >= 4 is 22.5 Å². The van der Waals surface area contributed by atoms with Crippen LogP contribution in [0.1, 0.15) is 18.4 Å². The molecule has 2 heterocycles. The van der Waals surface area contributed by atoms with Gasteiger partial charge in [0.2, 0.25) is 5.91 Å². The summed E-state index contributed by atoms with van der Waals surface area (Å²) in [6, 6.07) is 11.9. The number of carbonyl (C=O) groups is 1. The van der Waals surface area contributed by atoms with Crippen LogP contribution in [0.25, 0.3) is 10.9 Å². The normalized spacial score (nSPS) is 12.3. The van der Waals surface area contributed by atoms with E-state index in [0.29, 0.717) is 0 Å². The van der Waals surface area contributed by atoms with Gasteiger partial charge in [0.05, 0.1) is 17.8 Å². The molecule has 22 heavy (non-hydrogen) atoms. The van der Waals surface area contributed by atoms with E-state index < -0.39 is 0 Å². The van der Waals surface area contributed by atoms with Crippen LogP contribution >= 0.6 is 0 Å². The van der Waals surface area contributed by atoms with Crippen molar-refractivity contribution in [2.75, 3.05) is 11.9 Å². The minimum absolute atomic E-state index is 0.0596. The van der Waals surface area contributed by atoms with Crippen LogP contribution in [0.15, 0.2) is 55.0 Å². The number of rotatable bonds is 3. The highest BCUT2D eigenvalue weighted by Gasteiger charge is 2.23.